The van der Waals surface area contributed by atoms with Crippen molar-refractivity contribution in [2.75, 3.05) is 32.1 Å². The zero-order chi connectivity index (χ0) is 23.2. The molecule has 0 radical (unpaired) electrons. The summed E-state index contributed by atoms with van der Waals surface area (Å²) < 4.78 is 5.58. The van der Waals surface area contributed by atoms with Gasteiger partial charge in [0, 0.05) is 49.3 Å². The number of carbonyl (C=O) groups is 1. The van der Waals surface area contributed by atoms with Crippen molar-refractivity contribution in [2.24, 2.45) is 0 Å². The summed E-state index contributed by atoms with van der Waals surface area (Å²) in [6.07, 6.45) is 2.02. The number of benzene rings is 3. The normalized spacial score (nSPS) is 11.5. The third kappa shape index (κ3) is 5.16. The van der Waals surface area contributed by atoms with Crippen molar-refractivity contribution in [1.82, 2.24) is 10.3 Å². The third-order valence-electron chi connectivity index (χ3n) is 5.67. The zero-order valence-corrected chi connectivity index (χ0v) is 18.7. The van der Waals surface area contributed by atoms with Crippen LogP contribution in [0, 0.1) is 11.3 Å². The van der Waals surface area contributed by atoms with E-state index in [1.165, 1.54) is 0 Å². The summed E-state index contributed by atoms with van der Waals surface area (Å²) in [4.78, 5) is 18.0. The standard InChI is InChI=1S/C27H26N4O2/c1-31(2)21-11-9-20(10-12-21)24(25-17-29-26-6-4-3-5-23(25)26)16-30-27(32)18-33-22-13-7-19(15-28)8-14-22/h3-14,17,24,29H,16,18H2,1-2H3,(H,30,32). The molecule has 1 amide bonds. The maximum Gasteiger partial charge on any atom is 0.257 e. The molecule has 1 aromatic heterocycles. The average molecular weight is 439 g/mol. The van der Waals surface area contributed by atoms with Crippen molar-refractivity contribution in [3.05, 3.63) is 95.7 Å². The molecule has 4 aromatic rings. The van der Waals surface area contributed by atoms with Gasteiger partial charge in [-0.25, -0.2) is 0 Å². The number of carbonyl (C=O) groups excluding carboxylic acids is 1. The highest BCUT2D eigenvalue weighted by Crippen LogP contribution is 2.31. The smallest absolute Gasteiger partial charge is 0.257 e. The summed E-state index contributed by atoms with van der Waals surface area (Å²) in [5.74, 6) is 0.335. The van der Waals surface area contributed by atoms with E-state index < -0.39 is 0 Å². The lowest BCUT2D eigenvalue weighted by molar-refractivity contribution is -0.123. The van der Waals surface area contributed by atoms with Crippen LogP contribution in [0.1, 0.15) is 22.6 Å². The van der Waals surface area contributed by atoms with Crippen molar-refractivity contribution in [1.29, 1.82) is 5.26 Å². The minimum atomic E-state index is -0.200. The van der Waals surface area contributed by atoms with Crippen molar-refractivity contribution in [2.45, 2.75) is 5.92 Å². The second kappa shape index (κ2) is 9.92. The molecule has 166 valence electrons. The Hall–Kier alpha value is -4.24. The largest absolute Gasteiger partial charge is 0.484 e. The van der Waals surface area contributed by atoms with Gasteiger partial charge in [0.05, 0.1) is 11.6 Å². The fraction of sp³-hybridized carbons (Fsp3) is 0.185. The van der Waals surface area contributed by atoms with Gasteiger partial charge in [-0.1, -0.05) is 30.3 Å². The fourth-order valence-corrected chi connectivity index (χ4v) is 3.84. The Labute approximate surface area is 193 Å². The van der Waals surface area contributed by atoms with E-state index in [0.29, 0.717) is 17.9 Å². The average Bonchev–Trinajstić information content (AvgIpc) is 3.27. The van der Waals surface area contributed by atoms with Crippen molar-refractivity contribution < 1.29 is 9.53 Å². The van der Waals surface area contributed by atoms with E-state index in [0.717, 1.165) is 27.7 Å². The number of anilines is 1. The van der Waals surface area contributed by atoms with Crippen LogP contribution in [0.4, 0.5) is 5.69 Å². The Morgan fingerprint density at radius 3 is 2.48 bits per heavy atom. The van der Waals surface area contributed by atoms with Crippen LogP contribution in [-0.4, -0.2) is 38.1 Å². The number of hydrogen-bond acceptors (Lipinski definition) is 4. The Bertz CT molecular complexity index is 1270. The molecule has 0 aliphatic carbocycles. The molecule has 1 heterocycles. The summed E-state index contributed by atoms with van der Waals surface area (Å²) in [6, 6.07) is 25.3. The van der Waals surface area contributed by atoms with Crippen LogP contribution < -0.4 is 15.0 Å². The Morgan fingerprint density at radius 1 is 1.06 bits per heavy atom. The van der Waals surface area contributed by atoms with Crippen LogP contribution in [-0.2, 0) is 4.79 Å². The topological polar surface area (TPSA) is 81.2 Å². The number of H-pyrrole nitrogens is 1. The molecule has 1 unspecified atom stereocenters. The van der Waals surface area contributed by atoms with Crippen LogP contribution in [0.15, 0.2) is 79.0 Å². The van der Waals surface area contributed by atoms with Gasteiger partial charge in [-0.15, -0.1) is 0 Å². The molecule has 0 saturated heterocycles. The molecule has 0 aliphatic rings. The van der Waals surface area contributed by atoms with Gasteiger partial charge >= 0.3 is 0 Å². The van der Waals surface area contributed by atoms with Gasteiger partial charge in [0.1, 0.15) is 5.75 Å². The molecule has 6 heteroatoms. The first-order chi connectivity index (χ1) is 16.0. The molecule has 2 N–H and O–H groups in total. The summed E-state index contributed by atoms with van der Waals surface area (Å²) in [6.45, 7) is 0.352. The Balaban J connectivity index is 1.50. The quantitative estimate of drug-likeness (QED) is 0.426. The molecule has 3 aromatic carbocycles. The molecule has 0 spiro atoms. The van der Waals surface area contributed by atoms with Crippen molar-refractivity contribution >= 4 is 22.5 Å². The Kier molecular flexibility index (Phi) is 6.61. The number of nitriles is 1. The molecule has 33 heavy (non-hydrogen) atoms. The van der Waals surface area contributed by atoms with Gasteiger partial charge in [0.15, 0.2) is 6.61 Å². The summed E-state index contributed by atoms with van der Waals surface area (Å²) >= 11 is 0. The Morgan fingerprint density at radius 2 is 1.79 bits per heavy atom. The number of ether oxygens (including phenoxy) is 1. The van der Waals surface area contributed by atoms with E-state index in [9.17, 15) is 4.79 Å². The van der Waals surface area contributed by atoms with E-state index in [-0.39, 0.29) is 18.4 Å². The number of aromatic amines is 1. The van der Waals surface area contributed by atoms with Gasteiger partial charge in [0.25, 0.3) is 5.91 Å². The molecule has 0 fully saturated rings. The predicted molar refractivity (Wildman–Crippen MR) is 131 cm³/mol. The minimum absolute atomic E-state index is 0.0174. The lowest BCUT2D eigenvalue weighted by Crippen LogP contribution is -2.32. The summed E-state index contributed by atoms with van der Waals surface area (Å²) in [5, 5.41) is 13.1. The molecule has 0 bridgehead atoms. The molecule has 4 rings (SSSR count). The number of nitrogens with one attached hydrogen (secondary N) is 2. The molecule has 6 nitrogen and oxygen atoms in total. The SMILES string of the molecule is CN(C)c1ccc(C(CNC(=O)COc2ccc(C#N)cc2)c2c[nH]c3ccccc23)cc1. The molecular weight excluding hydrogens is 412 g/mol. The lowest BCUT2D eigenvalue weighted by Gasteiger charge is -2.20. The molecule has 0 aliphatic heterocycles. The highest BCUT2D eigenvalue weighted by atomic mass is 16.5. The van der Waals surface area contributed by atoms with E-state index in [1.807, 2.05) is 32.4 Å². The highest BCUT2D eigenvalue weighted by molar-refractivity contribution is 5.84. The van der Waals surface area contributed by atoms with E-state index in [4.69, 9.17) is 10.00 Å². The number of amides is 1. The number of nitrogens with zero attached hydrogens (tertiary/aromatic N) is 2. The van der Waals surface area contributed by atoms with Crippen LogP contribution in [0.2, 0.25) is 0 Å². The maximum atomic E-state index is 12.5. The van der Waals surface area contributed by atoms with Gasteiger partial charge in [0.2, 0.25) is 0 Å². The van der Waals surface area contributed by atoms with Crippen LogP contribution in [0.5, 0.6) is 5.75 Å². The number of hydrogen-bond donors (Lipinski definition) is 2. The highest BCUT2D eigenvalue weighted by Gasteiger charge is 2.19. The van der Waals surface area contributed by atoms with Crippen LogP contribution in [0.3, 0.4) is 0 Å². The lowest BCUT2D eigenvalue weighted by atomic mass is 9.90. The van der Waals surface area contributed by atoms with E-state index in [1.54, 1.807) is 24.3 Å². The maximum absolute atomic E-state index is 12.5. The first-order valence-corrected chi connectivity index (χ1v) is 10.8. The molecule has 1 atom stereocenters. The van der Waals surface area contributed by atoms with E-state index >= 15 is 0 Å². The third-order valence-corrected chi connectivity index (χ3v) is 5.67. The number of fused-ring (bicyclic) bond motifs is 1. The minimum Gasteiger partial charge on any atom is -0.484 e. The first kappa shape index (κ1) is 22.0. The summed E-state index contributed by atoms with van der Waals surface area (Å²) in [5.41, 5.74) is 5.00. The fourth-order valence-electron chi connectivity index (χ4n) is 3.84. The molecule has 0 saturated carbocycles. The van der Waals surface area contributed by atoms with Gasteiger partial charge in [-0.05, 0) is 53.6 Å². The van der Waals surface area contributed by atoms with Crippen molar-refractivity contribution in [3.63, 3.8) is 0 Å². The van der Waals surface area contributed by atoms with Gasteiger partial charge in [-0.2, -0.15) is 5.26 Å². The van der Waals surface area contributed by atoms with Crippen LogP contribution in [0.25, 0.3) is 10.9 Å². The number of para-hydroxylation sites is 1. The monoisotopic (exact) mass is 438 g/mol. The number of aromatic nitrogens is 1. The van der Waals surface area contributed by atoms with Crippen molar-refractivity contribution in [3.8, 4) is 11.8 Å². The summed E-state index contributed by atoms with van der Waals surface area (Å²) in [7, 11) is 4.03. The molecular formula is C27H26N4O2. The zero-order valence-electron chi connectivity index (χ0n) is 18.7. The number of rotatable bonds is 8. The van der Waals surface area contributed by atoms with Gasteiger partial charge < -0.3 is 19.9 Å². The second-order valence-electron chi connectivity index (χ2n) is 8.06. The second-order valence-corrected chi connectivity index (χ2v) is 8.06. The van der Waals surface area contributed by atoms with Crippen LogP contribution >= 0.6 is 0 Å². The first-order valence-electron chi connectivity index (χ1n) is 10.8. The van der Waals surface area contributed by atoms with E-state index in [2.05, 4.69) is 57.7 Å². The van der Waals surface area contributed by atoms with Gasteiger partial charge in [-0.3, -0.25) is 4.79 Å². The predicted octanol–water partition coefficient (Wildman–Crippen LogP) is 4.43.